The molecule has 0 N–H and O–H groups in total. The molecule has 2 aliphatic heterocycles. The zero-order valence-corrected chi connectivity index (χ0v) is 13.5. The van der Waals surface area contributed by atoms with Gasteiger partial charge >= 0.3 is 0 Å². The molecule has 1 aromatic heterocycles. The molecular weight excluding hydrogens is 294 g/mol. The molecule has 0 bridgehead atoms. The van der Waals surface area contributed by atoms with Gasteiger partial charge in [0, 0.05) is 51.4 Å². The van der Waals surface area contributed by atoms with Gasteiger partial charge in [0.05, 0.1) is 6.17 Å². The molecule has 1 unspecified atom stereocenters. The molecule has 124 valence electrons. The second kappa shape index (κ2) is 7.04. The van der Waals surface area contributed by atoms with Crippen molar-refractivity contribution in [3.63, 3.8) is 0 Å². The third-order valence-corrected chi connectivity index (χ3v) is 4.55. The highest BCUT2D eigenvalue weighted by Crippen LogP contribution is 2.21. The van der Waals surface area contributed by atoms with E-state index in [-0.39, 0.29) is 18.0 Å². The van der Waals surface area contributed by atoms with Gasteiger partial charge in [0.25, 0.3) is 0 Å². The predicted molar refractivity (Wildman–Crippen MR) is 85.6 cm³/mol. The van der Waals surface area contributed by atoms with E-state index in [0.29, 0.717) is 19.3 Å². The van der Waals surface area contributed by atoms with Crippen molar-refractivity contribution >= 4 is 17.8 Å². The van der Waals surface area contributed by atoms with E-state index in [4.69, 9.17) is 0 Å². The number of carbonyl (C=O) groups excluding carboxylic acids is 2. The first kappa shape index (κ1) is 15.9. The van der Waals surface area contributed by atoms with Crippen LogP contribution in [-0.4, -0.2) is 63.9 Å². The van der Waals surface area contributed by atoms with Crippen molar-refractivity contribution in [3.8, 4) is 0 Å². The third-order valence-electron chi connectivity index (χ3n) is 4.55. The zero-order chi connectivity index (χ0) is 16.2. The fraction of sp³-hybridized carbons (Fsp3) is 0.625. The SMILES string of the molecule is CCC(N1CCN(c2ncccn2)CC1)N1C(=O)CCCC1=O. The summed E-state index contributed by atoms with van der Waals surface area (Å²) in [5.41, 5.74) is 0. The number of piperazine rings is 1. The normalized spacial score (nSPS) is 21.6. The van der Waals surface area contributed by atoms with E-state index in [1.165, 1.54) is 4.90 Å². The van der Waals surface area contributed by atoms with Gasteiger partial charge in [0.1, 0.15) is 0 Å². The number of nitrogens with zero attached hydrogens (tertiary/aromatic N) is 5. The van der Waals surface area contributed by atoms with Crippen molar-refractivity contribution in [2.24, 2.45) is 0 Å². The molecule has 3 heterocycles. The second-order valence-electron chi connectivity index (χ2n) is 5.97. The standard InChI is InChI=1S/C16H23N5O2/c1-2-13(21-14(22)5-3-6-15(21)23)19-9-11-20(12-10-19)16-17-7-4-8-18-16/h4,7-8,13H,2-3,5-6,9-12H2,1H3. The summed E-state index contributed by atoms with van der Waals surface area (Å²) in [5.74, 6) is 0.689. The van der Waals surface area contributed by atoms with E-state index in [1.54, 1.807) is 18.5 Å². The summed E-state index contributed by atoms with van der Waals surface area (Å²) in [6.45, 7) is 5.24. The number of aromatic nitrogens is 2. The Morgan fingerprint density at radius 2 is 1.65 bits per heavy atom. The first-order valence-electron chi connectivity index (χ1n) is 8.31. The monoisotopic (exact) mass is 317 g/mol. The maximum Gasteiger partial charge on any atom is 0.230 e. The lowest BCUT2D eigenvalue weighted by molar-refractivity contribution is -0.156. The van der Waals surface area contributed by atoms with E-state index in [1.807, 2.05) is 6.92 Å². The number of carbonyl (C=O) groups is 2. The van der Waals surface area contributed by atoms with Gasteiger partial charge in [0.2, 0.25) is 17.8 Å². The van der Waals surface area contributed by atoms with Crippen molar-refractivity contribution in [3.05, 3.63) is 18.5 Å². The smallest absolute Gasteiger partial charge is 0.230 e. The molecule has 7 nitrogen and oxygen atoms in total. The van der Waals surface area contributed by atoms with Crippen LogP contribution in [0.25, 0.3) is 0 Å². The Morgan fingerprint density at radius 1 is 1.04 bits per heavy atom. The molecule has 2 aliphatic rings. The molecule has 0 saturated carbocycles. The number of amides is 2. The highest BCUT2D eigenvalue weighted by atomic mass is 16.2. The largest absolute Gasteiger partial charge is 0.338 e. The Hall–Kier alpha value is -2.02. The van der Waals surface area contributed by atoms with Gasteiger partial charge in [-0.15, -0.1) is 0 Å². The Kier molecular flexibility index (Phi) is 4.85. The van der Waals surface area contributed by atoms with E-state index >= 15 is 0 Å². The van der Waals surface area contributed by atoms with Gasteiger partial charge in [-0.3, -0.25) is 19.4 Å². The van der Waals surface area contributed by atoms with Crippen molar-refractivity contribution in [2.75, 3.05) is 31.1 Å². The van der Waals surface area contributed by atoms with Crippen LogP contribution < -0.4 is 4.90 Å². The van der Waals surface area contributed by atoms with Crippen LogP contribution in [0.3, 0.4) is 0 Å². The number of imide groups is 1. The summed E-state index contributed by atoms with van der Waals surface area (Å²) in [6, 6.07) is 1.81. The maximum atomic E-state index is 12.2. The first-order chi connectivity index (χ1) is 11.2. The molecule has 1 atom stereocenters. The molecule has 1 aromatic rings. The van der Waals surface area contributed by atoms with Gasteiger partial charge in [0.15, 0.2) is 0 Å². The summed E-state index contributed by atoms with van der Waals surface area (Å²) in [7, 11) is 0. The lowest BCUT2D eigenvalue weighted by atomic mass is 10.1. The fourth-order valence-electron chi connectivity index (χ4n) is 3.38. The number of hydrogen-bond acceptors (Lipinski definition) is 6. The Morgan fingerprint density at radius 3 is 2.22 bits per heavy atom. The average molecular weight is 317 g/mol. The van der Waals surface area contributed by atoms with Crippen molar-refractivity contribution < 1.29 is 9.59 Å². The van der Waals surface area contributed by atoms with Gasteiger partial charge < -0.3 is 4.90 Å². The van der Waals surface area contributed by atoms with E-state index in [9.17, 15) is 9.59 Å². The minimum absolute atomic E-state index is 0.0260. The zero-order valence-electron chi connectivity index (χ0n) is 13.5. The Bertz CT molecular complexity index is 541. The third kappa shape index (κ3) is 3.34. The average Bonchev–Trinajstić information content (AvgIpc) is 2.59. The van der Waals surface area contributed by atoms with Gasteiger partial charge in [-0.1, -0.05) is 6.92 Å². The summed E-state index contributed by atoms with van der Waals surface area (Å²) >= 11 is 0. The number of hydrogen-bond donors (Lipinski definition) is 0. The maximum absolute atomic E-state index is 12.2. The Labute approximate surface area is 136 Å². The lowest BCUT2D eigenvalue weighted by Gasteiger charge is -2.43. The number of piperidine rings is 1. The summed E-state index contributed by atoms with van der Waals surface area (Å²) < 4.78 is 0. The van der Waals surface area contributed by atoms with Crippen LogP contribution in [0.4, 0.5) is 5.95 Å². The van der Waals surface area contributed by atoms with Crippen molar-refractivity contribution in [2.45, 2.75) is 38.8 Å². The van der Waals surface area contributed by atoms with Crippen molar-refractivity contribution in [1.29, 1.82) is 0 Å². The molecule has 2 fully saturated rings. The quantitative estimate of drug-likeness (QED) is 0.768. The van der Waals surface area contributed by atoms with Crippen LogP contribution in [0.5, 0.6) is 0 Å². The van der Waals surface area contributed by atoms with Crippen molar-refractivity contribution in [1.82, 2.24) is 19.8 Å². The van der Waals surface area contributed by atoms with Crippen LogP contribution >= 0.6 is 0 Å². The first-order valence-corrected chi connectivity index (χ1v) is 8.31. The van der Waals surface area contributed by atoms with E-state index < -0.39 is 0 Å². The van der Waals surface area contributed by atoms with Crippen LogP contribution in [0.2, 0.25) is 0 Å². The molecular formula is C16H23N5O2. The predicted octanol–water partition coefficient (Wildman–Crippen LogP) is 0.874. The van der Waals surface area contributed by atoms with Gasteiger partial charge in [-0.2, -0.15) is 0 Å². The molecule has 0 radical (unpaired) electrons. The van der Waals surface area contributed by atoms with Crippen LogP contribution in [-0.2, 0) is 9.59 Å². The molecule has 0 aliphatic carbocycles. The lowest BCUT2D eigenvalue weighted by Crippen LogP contribution is -2.59. The minimum Gasteiger partial charge on any atom is -0.338 e. The van der Waals surface area contributed by atoms with Gasteiger partial charge in [-0.25, -0.2) is 9.97 Å². The van der Waals surface area contributed by atoms with Crippen LogP contribution in [0, 0.1) is 0 Å². The molecule has 3 rings (SSSR count). The van der Waals surface area contributed by atoms with Gasteiger partial charge in [-0.05, 0) is 18.9 Å². The fourth-order valence-corrected chi connectivity index (χ4v) is 3.38. The highest BCUT2D eigenvalue weighted by Gasteiger charge is 2.36. The highest BCUT2D eigenvalue weighted by molar-refractivity contribution is 5.97. The Balaban J connectivity index is 1.65. The van der Waals surface area contributed by atoms with E-state index in [0.717, 1.165) is 38.5 Å². The molecule has 2 saturated heterocycles. The molecule has 23 heavy (non-hydrogen) atoms. The number of rotatable bonds is 4. The summed E-state index contributed by atoms with van der Waals surface area (Å²) in [4.78, 5) is 38.8. The number of likely N-dealkylation sites (tertiary alicyclic amines) is 1. The number of anilines is 1. The minimum atomic E-state index is -0.117. The molecule has 0 spiro atoms. The topological polar surface area (TPSA) is 69.6 Å². The summed E-state index contributed by atoms with van der Waals surface area (Å²) in [5, 5.41) is 0. The molecule has 2 amide bonds. The summed E-state index contributed by atoms with van der Waals surface area (Å²) in [6.07, 6.45) is 5.79. The molecule has 7 heteroatoms. The molecule has 0 aromatic carbocycles. The van der Waals surface area contributed by atoms with Crippen LogP contribution in [0.15, 0.2) is 18.5 Å². The van der Waals surface area contributed by atoms with E-state index in [2.05, 4.69) is 19.8 Å². The second-order valence-corrected chi connectivity index (χ2v) is 5.97. The van der Waals surface area contributed by atoms with Crippen LogP contribution in [0.1, 0.15) is 32.6 Å².